The Labute approximate surface area is 235 Å². The summed E-state index contributed by atoms with van der Waals surface area (Å²) >= 11 is 0. The monoisotopic (exact) mass is 544 g/mol. The predicted molar refractivity (Wildman–Crippen MR) is 161 cm³/mol. The Bertz CT molecular complexity index is 1530. The van der Waals surface area contributed by atoms with Crippen molar-refractivity contribution in [2.24, 2.45) is 5.41 Å². The maximum atomic E-state index is 12.8. The van der Waals surface area contributed by atoms with Crippen LogP contribution in [0.3, 0.4) is 0 Å². The second kappa shape index (κ2) is 11.3. The van der Waals surface area contributed by atoms with Gasteiger partial charge in [0.1, 0.15) is 16.8 Å². The Hall–Kier alpha value is -3.85. The third-order valence-corrected chi connectivity index (χ3v) is 7.49. The van der Waals surface area contributed by atoms with Gasteiger partial charge < -0.3 is 30.8 Å². The van der Waals surface area contributed by atoms with Gasteiger partial charge in [-0.25, -0.2) is 4.98 Å². The molecule has 0 radical (unpaired) electrons. The molecule has 4 aromatic rings. The van der Waals surface area contributed by atoms with Gasteiger partial charge in [-0.1, -0.05) is 58.4 Å². The number of nitrogens with one attached hydrogen (secondary N) is 2. The highest BCUT2D eigenvalue weighted by Gasteiger charge is 2.26. The topological polar surface area (TPSA) is 127 Å². The maximum absolute atomic E-state index is 12.8. The third-order valence-electron chi connectivity index (χ3n) is 7.49. The molecule has 2 aromatic carbocycles. The molecule has 1 amide bonds. The number of para-hydroxylation sites is 1. The fourth-order valence-corrected chi connectivity index (χ4v) is 5.45. The number of amides is 1. The zero-order valence-corrected chi connectivity index (χ0v) is 23.9. The largest absolute Gasteiger partial charge is 0.493 e. The standard InChI is InChI=1S/C31H40N6O3/c1-5-9-20(15-16-38)33-28-26-25(35-30(32)36-28)22-10-6-7-12-24(22)37(26)18-19-13-14-23(34-29(39)31(2,3)4)21-11-8-17-40-27(19)21/h6-7,10,12-14,20,38H,5,8-9,11,15-18H2,1-4H3,(H,34,39)(H3,32,33,35,36)/t20-/m0/s1. The first-order chi connectivity index (χ1) is 19.2. The number of carbonyl (C=O) groups is 1. The lowest BCUT2D eigenvalue weighted by atomic mass is 9.94. The van der Waals surface area contributed by atoms with E-state index >= 15 is 0 Å². The van der Waals surface area contributed by atoms with Crippen LogP contribution in [-0.2, 0) is 17.8 Å². The molecule has 0 unspecified atom stereocenters. The molecule has 40 heavy (non-hydrogen) atoms. The van der Waals surface area contributed by atoms with Crippen molar-refractivity contribution in [3.05, 3.63) is 47.5 Å². The first-order valence-electron chi connectivity index (χ1n) is 14.2. The average molecular weight is 545 g/mol. The fourth-order valence-electron chi connectivity index (χ4n) is 5.45. The lowest BCUT2D eigenvalue weighted by Gasteiger charge is -2.26. The molecule has 1 aliphatic rings. The van der Waals surface area contributed by atoms with E-state index in [0.29, 0.717) is 25.4 Å². The quantitative estimate of drug-likeness (QED) is 0.219. The van der Waals surface area contributed by atoms with Crippen molar-refractivity contribution in [3.8, 4) is 5.75 Å². The summed E-state index contributed by atoms with van der Waals surface area (Å²) in [6.07, 6.45) is 4.22. The van der Waals surface area contributed by atoms with E-state index in [1.54, 1.807) is 0 Å². The van der Waals surface area contributed by atoms with Gasteiger partial charge in [0.15, 0.2) is 5.82 Å². The zero-order valence-electron chi connectivity index (χ0n) is 23.9. The highest BCUT2D eigenvalue weighted by molar-refractivity contribution is 6.09. The van der Waals surface area contributed by atoms with Crippen LogP contribution in [0.2, 0.25) is 0 Å². The summed E-state index contributed by atoms with van der Waals surface area (Å²) in [5.74, 6) is 1.68. The minimum atomic E-state index is -0.499. The number of aliphatic hydroxyl groups is 1. The number of ether oxygens (including phenoxy) is 1. The number of hydrogen-bond acceptors (Lipinski definition) is 7. The molecule has 212 valence electrons. The van der Waals surface area contributed by atoms with E-state index in [1.807, 2.05) is 45.0 Å². The smallest absolute Gasteiger partial charge is 0.229 e. The number of benzene rings is 2. The van der Waals surface area contributed by atoms with Crippen molar-refractivity contribution in [1.82, 2.24) is 14.5 Å². The predicted octanol–water partition coefficient (Wildman–Crippen LogP) is 5.49. The molecule has 0 spiro atoms. The molecule has 9 heteroatoms. The molecule has 0 saturated carbocycles. The normalized spacial score (nSPS) is 14.1. The van der Waals surface area contributed by atoms with Gasteiger partial charge in [-0.05, 0) is 37.8 Å². The van der Waals surface area contributed by atoms with Crippen LogP contribution in [0, 0.1) is 5.41 Å². The molecule has 5 N–H and O–H groups in total. The summed E-state index contributed by atoms with van der Waals surface area (Å²) in [6, 6.07) is 12.2. The molecule has 2 aromatic heterocycles. The molecule has 5 rings (SSSR count). The number of hydrogen-bond donors (Lipinski definition) is 4. The van der Waals surface area contributed by atoms with Crippen LogP contribution in [-0.4, -0.2) is 44.8 Å². The second-order valence-corrected chi connectivity index (χ2v) is 11.6. The lowest BCUT2D eigenvalue weighted by molar-refractivity contribution is -0.123. The first-order valence-corrected chi connectivity index (χ1v) is 14.2. The molecule has 1 aliphatic heterocycles. The van der Waals surface area contributed by atoms with Gasteiger partial charge in [-0.15, -0.1) is 0 Å². The number of nitrogen functional groups attached to an aromatic ring is 1. The van der Waals surface area contributed by atoms with E-state index in [1.165, 1.54) is 0 Å². The van der Waals surface area contributed by atoms with E-state index in [9.17, 15) is 9.90 Å². The summed E-state index contributed by atoms with van der Waals surface area (Å²) in [4.78, 5) is 22.1. The Balaban J connectivity index is 1.64. The Morgan fingerprint density at radius 2 is 1.98 bits per heavy atom. The minimum absolute atomic E-state index is 0.0228. The molecule has 0 fully saturated rings. The van der Waals surface area contributed by atoms with Gasteiger partial charge in [0.2, 0.25) is 11.9 Å². The second-order valence-electron chi connectivity index (χ2n) is 11.6. The summed E-state index contributed by atoms with van der Waals surface area (Å²) in [6.45, 7) is 9.11. The SMILES string of the molecule is CCC[C@@H](CCO)Nc1nc(N)nc2c3ccccc3n(Cc3ccc(NC(=O)C(C)(C)C)c4c3OCCC4)c12. The number of nitrogens with two attached hydrogens (primary N) is 1. The molecule has 0 aliphatic carbocycles. The van der Waals surface area contributed by atoms with Gasteiger partial charge in [0, 0.05) is 40.3 Å². The highest BCUT2D eigenvalue weighted by Crippen LogP contribution is 2.39. The van der Waals surface area contributed by atoms with Crippen LogP contribution in [0.4, 0.5) is 17.5 Å². The van der Waals surface area contributed by atoms with Crippen LogP contribution in [0.5, 0.6) is 5.75 Å². The van der Waals surface area contributed by atoms with E-state index in [2.05, 4.69) is 44.2 Å². The Kier molecular flexibility index (Phi) is 7.85. The first kappa shape index (κ1) is 27.7. The number of aliphatic hydroxyl groups excluding tert-OH is 1. The molecular formula is C31H40N6O3. The maximum Gasteiger partial charge on any atom is 0.229 e. The van der Waals surface area contributed by atoms with Gasteiger partial charge in [0.05, 0.1) is 18.7 Å². The molecule has 1 atom stereocenters. The van der Waals surface area contributed by atoms with Crippen LogP contribution in [0.25, 0.3) is 21.9 Å². The summed E-state index contributed by atoms with van der Waals surface area (Å²) in [7, 11) is 0. The Morgan fingerprint density at radius 1 is 1.18 bits per heavy atom. The summed E-state index contributed by atoms with van der Waals surface area (Å²) < 4.78 is 8.47. The van der Waals surface area contributed by atoms with Crippen LogP contribution in [0.15, 0.2) is 36.4 Å². The van der Waals surface area contributed by atoms with Crippen molar-refractivity contribution < 1.29 is 14.6 Å². The third kappa shape index (κ3) is 5.43. The summed E-state index contributed by atoms with van der Waals surface area (Å²) in [5.41, 5.74) is 11.2. The number of fused-ring (bicyclic) bond motifs is 4. The summed E-state index contributed by atoms with van der Waals surface area (Å²) in [5, 5.41) is 17.4. The van der Waals surface area contributed by atoms with Gasteiger partial charge in [-0.3, -0.25) is 4.79 Å². The van der Waals surface area contributed by atoms with Gasteiger partial charge >= 0.3 is 0 Å². The van der Waals surface area contributed by atoms with Crippen LogP contribution in [0.1, 0.15) is 64.5 Å². The molecule has 9 nitrogen and oxygen atoms in total. The van der Waals surface area contributed by atoms with Gasteiger partial charge in [0.25, 0.3) is 0 Å². The van der Waals surface area contributed by atoms with Crippen molar-refractivity contribution in [2.75, 3.05) is 29.6 Å². The highest BCUT2D eigenvalue weighted by atomic mass is 16.5. The van der Waals surface area contributed by atoms with E-state index in [-0.39, 0.29) is 24.5 Å². The number of anilines is 3. The van der Waals surface area contributed by atoms with E-state index < -0.39 is 5.41 Å². The van der Waals surface area contributed by atoms with Gasteiger partial charge in [-0.2, -0.15) is 4.98 Å². The molecule has 0 saturated heterocycles. The number of nitrogens with zero attached hydrogens (tertiary/aromatic N) is 3. The van der Waals surface area contributed by atoms with Crippen molar-refractivity contribution in [1.29, 1.82) is 0 Å². The lowest BCUT2D eigenvalue weighted by Crippen LogP contribution is -2.28. The Morgan fingerprint density at radius 3 is 2.73 bits per heavy atom. The average Bonchev–Trinajstić information content (AvgIpc) is 3.23. The zero-order chi connectivity index (χ0) is 28.4. The van der Waals surface area contributed by atoms with E-state index in [0.717, 1.165) is 70.2 Å². The number of rotatable bonds is 9. The number of carbonyl (C=O) groups excluding carboxylic acids is 1. The number of aromatic nitrogens is 3. The fraction of sp³-hybridized carbons (Fsp3) is 0.452. The van der Waals surface area contributed by atoms with Crippen LogP contribution < -0.4 is 21.1 Å². The van der Waals surface area contributed by atoms with Crippen LogP contribution >= 0.6 is 0 Å². The molecular weight excluding hydrogens is 504 g/mol. The molecule has 3 heterocycles. The van der Waals surface area contributed by atoms with E-state index in [4.69, 9.17) is 10.5 Å². The minimum Gasteiger partial charge on any atom is -0.493 e. The van der Waals surface area contributed by atoms with Crippen molar-refractivity contribution >= 4 is 45.3 Å². The van der Waals surface area contributed by atoms with Crippen molar-refractivity contribution in [2.45, 2.75) is 72.4 Å². The van der Waals surface area contributed by atoms with Crippen molar-refractivity contribution in [3.63, 3.8) is 0 Å². The molecule has 0 bridgehead atoms.